The molecule has 1 aliphatic rings. The van der Waals surface area contributed by atoms with Gasteiger partial charge in [0.1, 0.15) is 11.5 Å². The van der Waals surface area contributed by atoms with Gasteiger partial charge in [0.05, 0.1) is 14.2 Å². The smallest absolute Gasteiger partial charge is 0.125 e. The predicted molar refractivity (Wildman–Crippen MR) is 68.8 cm³/mol. The zero-order valence-corrected chi connectivity index (χ0v) is 10.9. The first-order valence-electron chi connectivity index (χ1n) is 6.14. The lowest BCUT2D eigenvalue weighted by Crippen LogP contribution is -2.24. The van der Waals surface area contributed by atoms with Crippen LogP contribution in [0.4, 0.5) is 0 Å². The second kappa shape index (κ2) is 4.57. The van der Waals surface area contributed by atoms with Gasteiger partial charge in [-0.05, 0) is 42.9 Å². The summed E-state index contributed by atoms with van der Waals surface area (Å²) in [6, 6.07) is 4.14. The average molecular weight is 235 g/mol. The van der Waals surface area contributed by atoms with Crippen molar-refractivity contribution in [2.24, 2.45) is 5.73 Å². The Morgan fingerprint density at radius 2 is 1.71 bits per heavy atom. The summed E-state index contributed by atoms with van der Waals surface area (Å²) in [6.45, 7) is 2.13. The molecule has 1 aromatic rings. The van der Waals surface area contributed by atoms with Crippen LogP contribution in [0.15, 0.2) is 12.1 Å². The van der Waals surface area contributed by atoms with E-state index in [0.29, 0.717) is 0 Å². The lowest BCUT2D eigenvalue weighted by atomic mass is 9.99. The van der Waals surface area contributed by atoms with E-state index in [1.54, 1.807) is 14.2 Å². The molecule has 0 radical (unpaired) electrons. The molecule has 3 nitrogen and oxygen atoms in total. The van der Waals surface area contributed by atoms with E-state index in [4.69, 9.17) is 15.2 Å². The van der Waals surface area contributed by atoms with Crippen LogP contribution < -0.4 is 15.2 Å². The molecule has 2 N–H and O–H groups in total. The minimum absolute atomic E-state index is 0.00683. The van der Waals surface area contributed by atoms with Gasteiger partial charge in [0.25, 0.3) is 0 Å². The molecule has 1 fully saturated rings. The molecule has 0 heterocycles. The van der Waals surface area contributed by atoms with Crippen molar-refractivity contribution in [3.63, 3.8) is 0 Å². The molecule has 94 valence electrons. The molecule has 0 bridgehead atoms. The van der Waals surface area contributed by atoms with Gasteiger partial charge in [-0.25, -0.2) is 0 Å². The maximum Gasteiger partial charge on any atom is 0.125 e. The molecule has 0 unspecified atom stereocenters. The summed E-state index contributed by atoms with van der Waals surface area (Å²) in [5.41, 5.74) is 8.60. The van der Waals surface area contributed by atoms with Crippen molar-refractivity contribution in [1.29, 1.82) is 0 Å². The molecule has 1 aromatic carbocycles. The number of benzene rings is 1. The Labute approximate surface area is 103 Å². The van der Waals surface area contributed by atoms with Gasteiger partial charge in [0.2, 0.25) is 0 Å². The van der Waals surface area contributed by atoms with E-state index in [0.717, 1.165) is 37.2 Å². The van der Waals surface area contributed by atoms with E-state index < -0.39 is 0 Å². The van der Waals surface area contributed by atoms with E-state index in [9.17, 15) is 0 Å². The fraction of sp³-hybridized carbons (Fsp3) is 0.571. The molecule has 0 aliphatic heterocycles. The number of ether oxygens (including phenoxy) is 2. The first kappa shape index (κ1) is 12.2. The Hall–Kier alpha value is -1.22. The summed E-state index contributed by atoms with van der Waals surface area (Å²) in [6.07, 6.45) is 4.08. The van der Waals surface area contributed by atoms with Crippen LogP contribution in [0, 0.1) is 0 Å². The number of hydrogen-bond acceptors (Lipinski definition) is 3. The van der Waals surface area contributed by atoms with Crippen LogP contribution >= 0.6 is 0 Å². The maximum atomic E-state index is 6.18. The Bertz CT molecular complexity index is 411. The van der Waals surface area contributed by atoms with E-state index >= 15 is 0 Å². The van der Waals surface area contributed by atoms with Crippen LogP contribution in [0.2, 0.25) is 0 Å². The first-order valence-corrected chi connectivity index (χ1v) is 6.14. The molecular weight excluding hydrogens is 214 g/mol. The Kier molecular flexibility index (Phi) is 3.29. The van der Waals surface area contributed by atoms with Crippen molar-refractivity contribution >= 4 is 0 Å². The second-order valence-corrected chi connectivity index (χ2v) is 4.87. The summed E-state index contributed by atoms with van der Waals surface area (Å²) in [5.74, 6) is 1.78. The fourth-order valence-electron chi connectivity index (χ4n) is 2.17. The lowest BCUT2D eigenvalue weighted by molar-refractivity contribution is 0.387. The maximum absolute atomic E-state index is 6.18. The molecule has 17 heavy (non-hydrogen) atoms. The quantitative estimate of drug-likeness (QED) is 0.851. The third-order valence-electron chi connectivity index (χ3n) is 3.50. The van der Waals surface area contributed by atoms with Crippen molar-refractivity contribution in [3.05, 3.63) is 23.3 Å². The van der Waals surface area contributed by atoms with E-state index in [1.165, 1.54) is 11.1 Å². The number of nitrogens with two attached hydrogens (primary N) is 1. The zero-order valence-electron chi connectivity index (χ0n) is 10.9. The molecule has 0 aromatic heterocycles. The van der Waals surface area contributed by atoms with Gasteiger partial charge >= 0.3 is 0 Å². The van der Waals surface area contributed by atoms with Crippen molar-refractivity contribution in [2.45, 2.75) is 38.1 Å². The summed E-state index contributed by atoms with van der Waals surface area (Å²) >= 11 is 0. The Morgan fingerprint density at radius 1 is 1.12 bits per heavy atom. The summed E-state index contributed by atoms with van der Waals surface area (Å²) in [5, 5.41) is 0. The third kappa shape index (κ3) is 2.55. The van der Waals surface area contributed by atoms with E-state index in [-0.39, 0.29) is 5.54 Å². The van der Waals surface area contributed by atoms with Gasteiger partial charge in [-0.2, -0.15) is 0 Å². The van der Waals surface area contributed by atoms with Crippen LogP contribution in [-0.2, 0) is 12.8 Å². The van der Waals surface area contributed by atoms with Crippen molar-refractivity contribution in [3.8, 4) is 11.5 Å². The average Bonchev–Trinajstić information content (AvgIpc) is 3.06. The van der Waals surface area contributed by atoms with Gasteiger partial charge in [0, 0.05) is 11.6 Å². The van der Waals surface area contributed by atoms with Crippen LogP contribution in [0.1, 0.15) is 30.9 Å². The largest absolute Gasteiger partial charge is 0.496 e. The highest BCUT2D eigenvalue weighted by Crippen LogP contribution is 2.39. The van der Waals surface area contributed by atoms with Crippen molar-refractivity contribution < 1.29 is 9.47 Å². The van der Waals surface area contributed by atoms with Gasteiger partial charge in [-0.15, -0.1) is 0 Å². The molecule has 3 heteroatoms. The number of hydrogen-bond donors (Lipinski definition) is 1. The zero-order chi connectivity index (χ0) is 12.5. The van der Waals surface area contributed by atoms with E-state index in [1.807, 2.05) is 6.07 Å². The summed E-state index contributed by atoms with van der Waals surface area (Å²) in [4.78, 5) is 0. The van der Waals surface area contributed by atoms with Crippen LogP contribution in [-0.4, -0.2) is 19.8 Å². The van der Waals surface area contributed by atoms with Gasteiger partial charge in [0.15, 0.2) is 0 Å². The molecule has 0 amide bonds. The Balaban J connectivity index is 2.35. The molecule has 0 atom stereocenters. The number of methoxy groups -OCH3 is 2. The molecule has 2 rings (SSSR count). The minimum atomic E-state index is 0.00683. The molecule has 0 saturated heterocycles. The topological polar surface area (TPSA) is 44.5 Å². The molecule has 1 saturated carbocycles. The number of aryl methyl sites for hydroxylation is 1. The van der Waals surface area contributed by atoms with Crippen LogP contribution in [0.25, 0.3) is 0 Å². The minimum Gasteiger partial charge on any atom is -0.496 e. The van der Waals surface area contributed by atoms with E-state index in [2.05, 4.69) is 13.0 Å². The van der Waals surface area contributed by atoms with Crippen LogP contribution in [0.3, 0.4) is 0 Å². The lowest BCUT2D eigenvalue weighted by Gasteiger charge is -2.16. The standard InChI is InChI=1S/C14H21NO2/c1-4-10-7-11(9-14(15)5-6-14)13(17-3)8-12(10)16-2/h7-8H,4-6,9,15H2,1-3H3. The fourth-order valence-corrected chi connectivity index (χ4v) is 2.17. The van der Waals surface area contributed by atoms with Gasteiger partial charge in [-0.1, -0.05) is 6.92 Å². The van der Waals surface area contributed by atoms with Crippen molar-refractivity contribution in [2.75, 3.05) is 14.2 Å². The third-order valence-corrected chi connectivity index (χ3v) is 3.50. The van der Waals surface area contributed by atoms with Crippen LogP contribution in [0.5, 0.6) is 11.5 Å². The predicted octanol–water partition coefficient (Wildman–Crippen LogP) is 2.30. The van der Waals surface area contributed by atoms with Crippen molar-refractivity contribution in [1.82, 2.24) is 0 Å². The van der Waals surface area contributed by atoms with Gasteiger partial charge in [-0.3, -0.25) is 0 Å². The normalized spacial score (nSPS) is 16.7. The molecular formula is C14H21NO2. The highest BCUT2D eigenvalue weighted by Gasteiger charge is 2.38. The Morgan fingerprint density at radius 3 is 2.18 bits per heavy atom. The second-order valence-electron chi connectivity index (χ2n) is 4.87. The highest BCUT2D eigenvalue weighted by molar-refractivity contribution is 5.47. The highest BCUT2D eigenvalue weighted by atomic mass is 16.5. The van der Waals surface area contributed by atoms with Gasteiger partial charge < -0.3 is 15.2 Å². The SMILES string of the molecule is CCc1cc(CC2(N)CC2)c(OC)cc1OC. The monoisotopic (exact) mass is 235 g/mol. The molecule has 0 spiro atoms. The summed E-state index contributed by atoms with van der Waals surface area (Å²) in [7, 11) is 3.39. The molecule has 1 aliphatic carbocycles. The number of rotatable bonds is 5. The summed E-state index contributed by atoms with van der Waals surface area (Å²) < 4.78 is 10.8. The first-order chi connectivity index (χ1) is 8.11.